The van der Waals surface area contributed by atoms with Crippen molar-refractivity contribution in [1.29, 1.82) is 0 Å². The summed E-state index contributed by atoms with van der Waals surface area (Å²) in [4.78, 5) is 103. The minimum atomic E-state index is -1.36. The van der Waals surface area contributed by atoms with E-state index < -0.39 is 41.3 Å². The Hall–Kier alpha value is -8.04. The number of H-pyrrole nitrogens is 1. The quantitative estimate of drug-likeness (QED) is 0.0348. The summed E-state index contributed by atoms with van der Waals surface area (Å²) in [7, 11) is 0. The van der Waals surface area contributed by atoms with Crippen molar-refractivity contribution in [3.63, 3.8) is 0 Å². The van der Waals surface area contributed by atoms with Crippen LogP contribution >= 0.6 is 0 Å². The summed E-state index contributed by atoms with van der Waals surface area (Å²) in [6.45, 7) is 1.59. The summed E-state index contributed by atoms with van der Waals surface area (Å²) in [6, 6.07) is 21.2. The first kappa shape index (κ1) is 46.0. The van der Waals surface area contributed by atoms with Gasteiger partial charge in [0.05, 0.1) is 49.5 Å². The van der Waals surface area contributed by atoms with Gasteiger partial charge in [0.1, 0.15) is 19.1 Å². The Morgan fingerprint density at radius 2 is 1.61 bits per heavy atom. The van der Waals surface area contributed by atoms with Crippen LogP contribution in [0.5, 0.6) is 0 Å². The molecule has 4 heterocycles. The van der Waals surface area contributed by atoms with Crippen LogP contribution in [0.2, 0.25) is 0 Å². The van der Waals surface area contributed by atoms with E-state index >= 15 is 0 Å². The van der Waals surface area contributed by atoms with Gasteiger partial charge >= 0.3 is 17.8 Å². The summed E-state index contributed by atoms with van der Waals surface area (Å²) >= 11 is 0. The normalized spacial score (nSPS) is 13.6. The number of amides is 3. The number of aromatic nitrogens is 4. The Morgan fingerprint density at radius 3 is 2.33 bits per heavy atom. The first-order valence-electron chi connectivity index (χ1n) is 21.0. The molecule has 1 unspecified atom stereocenters. The number of anilines is 2. The lowest BCUT2D eigenvalue weighted by Crippen LogP contribution is -2.58. The fraction of sp³-hybridized carbons (Fsp3) is 0.289. The number of carboxylic acids is 1. The van der Waals surface area contributed by atoms with Gasteiger partial charge in [0, 0.05) is 42.7 Å². The van der Waals surface area contributed by atoms with Crippen molar-refractivity contribution in [2.45, 2.75) is 38.3 Å². The van der Waals surface area contributed by atoms with Gasteiger partial charge in [-0.1, -0.05) is 42.5 Å². The van der Waals surface area contributed by atoms with E-state index in [-0.39, 0.29) is 84.6 Å². The number of morpholine rings is 1. The maximum Gasteiger partial charge on any atom is 0.326 e. The Labute approximate surface area is 375 Å². The van der Waals surface area contributed by atoms with E-state index in [4.69, 9.17) is 19.6 Å². The number of nitrogen functional groups attached to an aromatic ring is 1. The molecule has 3 aromatic carbocycles. The lowest BCUT2D eigenvalue weighted by molar-refractivity contribution is -0.151. The number of ether oxygens (including phenoxy) is 2. The third-order valence-corrected chi connectivity index (χ3v) is 10.8. The number of hydrogen-bond donors (Lipinski definition) is 7. The van der Waals surface area contributed by atoms with Crippen molar-refractivity contribution in [3.8, 4) is 11.1 Å². The molecule has 1 fully saturated rings. The van der Waals surface area contributed by atoms with Crippen LogP contribution in [-0.4, -0.2) is 107 Å². The highest BCUT2D eigenvalue weighted by Crippen LogP contribution is 2.33. The summed E-state index contributed by atoms with van der Waals surface area (Å²) in [5.74, 6) is -3.30. The maximum absolute atomic E-state index is 13.4. The predicted molar refractivity (Wildman–Crippen MR) is 241 cm³/mol. The number of hydrogen-bond acceptors (Lipinski definition) is 15. The lowest BCUT2D eigenvalue weighted by atomic mass is 10.0. The van der Waals surface area contributed by atoms with E-state index in [0.717, 1.165) is 11.1 Å². The topological polar surface area (TPSA) is 300 Å². The Kier molecular flexibility index (Phi) is 14.7. The number of aromatic amines is 1. The fourth-order valence-electron chi connectivity index (χ4n) is 7.18. The maximum atomic E-state index is 13.4. The van der Waals surface area contributed by atoms with Crippen LogP contribution < -0.4 is 42.5 Å². The van der Waals surface area contributed by atoms with Crippen molar-refractivity contribution < 1.29 is 43.0 Å². The van der Waals surface area contributed by atoms with E-state index in [1.165, 1.54) is 24.4 Å². The number of nitrogens with zero attached hydrogens (tertiary/aromatic N) is 4. The molecule has 1 atom stereocenters. The first-order chi connectivity index (χ1) is 31.9. The number of rotatable bonds is 19. The average Bonchev–Trinajstić information content (AvgIpc) is 3.32. The van der Waals surface area contributed by atoms with Crippen molar-refractivity contribution in [3.05, 3.63) is 117 Å². The van der Waals surface area contributed by atoms with E-state index in [1.54, 1.807) is 24.3 Å². The van der Waals surface area contributed by atoms with Crippen molar-refractivity contribution >= 4 is 69.3 Å². The highest BCUT2D eigenvalue weighted by Gasteiger charge is 2.38. The van der Waals surface area contributed by atoms with Crippen LogP contribution in [-0.2, 0) is 35.2 Å². The molecule has 1 aliphatic rings. The molecule has 342 valence electrons. The minimum Gasteiger partial charge on any atom is -0.480 e. The van der Waals surface area contributed by atoms with E-state index in [2.05, 4.69) is 41.2 Å². The van der Waals surface area contributed by atoms with Crippen LogP contribution in [0.4, 0.5) is 17.5 Å². The summed E-state index contributed by atoms with van der Waals surface area (Å²) in [6.07, 6.45) is 0.612. The number of carbonyl (C=O) groups excluding carboxylic acids is 4. The lowest BCUT2D eigenvalue weighted by Gasteiger charge is -2.37. The Balaban J connectivity index is 0.812. The molecule has 1 aliphatic heterocycles. The molecular weight excluding hydrogens is 857 g/mol. The molecule has 21 heteroatoms. The highest BCUT2D eigenvalue weighted by molar-refractivity contribution is 5.97. The van der Waals surface area contributed by atoms with Crippen LogP contribution in [0.25, 0.3) is 33.3 Å². The molecule has 3 amide bonds. The second kappa shape index (κ2) is 21.1. The van der Waals surface area contributed by atoms with Crippen molar-refractivity contribution in [2.24, 2.45) is 0 Å². The number of aliphatic carboxylic acids is 1. The number of quaternary nitrogens is 1. The molecule has 6 aromatic rings. The second-order valence-corrected chi connectivity index (χ2v) is 15.4. The molecule has 21 nitrogen and oxygen atoms in total. The van der Waals surface area contributed by atoms with Crippen molar-refractivity contribution in [2.75, 3.05) is 57.2 Å². The monoisotopic (exact) mass is 903 g/mol. The van der Waals surface area contributed by atoms with Gasteiger partial charge < -0.3 is 46.0 Å². The van der Waals surface area contributed by atoms with Crippen molar-refractivity contribution in [1.82, 2.24) is 40.4 Å². The number of carboxylic acid groups (broad SMARTS) is 1. The Bertz CT molecular complexity index is 2860. The SMILES string of the molecule is Nc1nc2ncc(CNc3ccc(C(=O)NC(CCC(=O)NCCNC(=O)CCC(=O)OC[N+]4(c5cc(=O)c6cccc(-c7ccccc7)c6o5)CCOCC4)C(=O)O)cc3)nc2c(=O)[nH]1. The summed E-state index contributed by atoms with van der Waals surface area (Å²) in [5, 5.41) is 20.9. The molecular formula is C45H47N10O11+. The van der Waals surface area contributed by atoms with E-state index in [1.807, 2.05) is 36.4 Å². The van der Waals surface area contributed by atoms with Gasteiger partial charge in [0.25, 0.3) is 11.5 Å². The Morgan fingerprint density at radius 1 is 0.879 bits per heavy atom. The smallest absolute Gasteiger partial charge is 0.326 e. The molecule has 66 heavy (non-hydrogen) atoms. The highest BCUT2D eigenvalue weighted by atomic mass is 16.6. The summed E-state index contributed by atoms with van der Waals surface area (Å²) < 4.78 is 17.7. The zero-order chi connectivity index (χ0) is 46.6. The van der Waals surface area contributed by atoms with Crippen LogP contribution in [0, 0.1) is 0 Å². The zero-order valence-electron chi connectivity index (χ0n) is 35.5. The first-order valence-corrected chi connectivity index (χ1v) is 21.0. The number of carbonyl (C=O) groups is 5. The van der Waals surface area contributed by atoms with Crippen LogP contribution in [0.1, 0.15) is 41.7 Å². The van der Waals surface area contributed by atoms with Gasteiger partial charge in [-0.15, -0.1) is 0 Å². The van der Waals surface area contributed by atoms with Gasteiger partial charge in [-0.3, -0.25) is 33.8 Å². The van der Waals surface area contributed by atoms with Gasteiger partial charge in [0.15, 0.2) is 22.2 Å². The molecule has 0 saturated carbocycles. The number of nitrogens with two attached hydrogens (primary N) is 1. The molecule has 0 spiro atoms. The number of benzene rings is 3. The predicted octanol–water partition coefficient (Wildman–Crippen LogP) is 2.20. The number of esters is 1. The molecule has 0 bridgehead atoms. The molecule has 3 aromatic heterocycles. The second-order valence-electron chi connectivity index (χ2n) is 15.4. The molecule has 8 N–H and O–H groups in total. The van der Waals surface area contributed by atoms with Gasteiger partial charge in [0.2, 0.25) is 24.5 Å². The summed E-state index contributed by atoms with van der Waals surface area (Å²) in [5.41, 5.74) is 8.22. The van der Waals surface area contributed by atoms with Crippen LogP contribution in [0.15, 0.2) is 99.1 Å². The number of nitrogens with one attached hydrogen (secondary N) is 5. The van der Waals surface area contributed by atoms with E-state index in [0.29, 0.717) is 54.5 Å². The number of fused-ring (bicyclic) bond motifs is 2. The third-order valence-electron chi connectivity index (χ3n) is 10.8. The van der Waals surface area contributed by atoms with E-state index in [9.17, 15) is 38.7 Å². The average molecular weight is 904 g/mol. The standard InChI is InChI=1S/C45H46N10O11/c46-45-53-41-39(43(61)54-45)51-30(25-50-41)24-49-29-11-9-28(10-12-29)42(60)52-33(44(62)63)13-14-35(57)47-17-18-48-36(58)15-16-38(59)65-26-55(19-21-64-22-20-55)37-23-34(56)32-8-4-7-31(40(32)66-37)27-5-2-1-3-6-27/h1-12,23,25,33H,13-22,24,26H2,(H7-,46,47,48,49,50,52,53,54,57,58,60,61,62,63)/p+1. The van der Waals surface area contributed by atoms with Crippen LogP contribution in [0.3, 0.4) is 0 Å². The fourth-order valence-corrected chi connectivity index (χ4v) is 7.18. The molecule has 0 aliphatic carbocycles. The zero-order valence-corrected chi connectivity index (χ0v) is 35.5. The third kappa shape index (κ3) is 11.6. The molecule has 7 rings (SSSR count). The number of para-hydroxylation sites is 1. The molecule has 1 saturated heterocycles. The van der Waals surface area contributed by atoms with Gasteiger partial charge in [-0.2, -0.15) is 4.98 Å². The van der Waals surface area contributed by atoms with Gasteiger partial charge in [-0.25, -0.2) is 19.2 Å². The van der Waals surface area contributed by atoms with Gasteiger partial charge in [-0.05, 0) is 42.3 Å². The largest absolute Gasteiger partial charge is 0.480 e. The minimum absolute atomic E-state index is 0.0303. The molecule has 0 radical (unpaired) electrons.